The van der Waals surface area contributed by atoms with Crippen LogP contribution in [0.3, 0.4) is 0 Å². The van der Waals surface area contributed by atoms with E-state index in [0.29, 0.717) is 6.61 Å². The number of unbranched alkanes of at least 4 members (excludes halogenated alkanes) is 6. The van der Waals surface area contributed by atoms with Gasteiger partial charge >= 0.3 is 0 Å². The third-order valence-corrected chi connectivity index (χ3v) is 5.67. The predicted molar refractivity (Wildman–Crippen MR) is 132 cm³/mol. The number of aromatic nitrogens is 1. The molecule has 1 heterocycles. The summed E-state index contributed by atoms with van der Waals surface area (Å²) in [5, 5.41) is 0. The van der Waals surface area contributed by atoms with Crippen LogP contribution in [0.15, 0.2) is 36.4 Å². The highest BCUT2D eigenvalue weighted by atomic mass is 16.5. The Morgan fingerprint density at radius 3 is 2.39 bits per heavy atom. The molecule has 0 unspecified atom stereocenters. The maximum absolute atomic E-state index is 5.83. The maximum atomic E-state index is 5.83. The number of allylic oxidation sites excluding steroid dienone is 1. The van der Waals surface area contributed by atoms with E-state index in [4.69, 9.17) is 14.5 Å². The van der Waals surface area contributed by atoms with Crippen LogP contribution in [0.4, 0.5) is 0 Å². The van der Waals surface area contributed by atoms with Crippen LogP contribution in [-0.2, 0) is 17.8 Å². The molecule has 0 spiro atoms. The van der Waals surface area contributed by atoms with Crippen molar-refractivity contribution in [1.29, 1.82) is 0 Å². The molecule has 1 aromatic carbocycles. The lowest BCUT2D eigenvalue weighted by molar-refractivity contribution is 0.118. The Labute approximate surface area is 189 Å². The van der Waals surface area contributed by atoms with Crippen molar-refractivity contribution in [3.8, 4) is 5.75 Å². The topological polar surface area (TPSA) is 31.4 Å². The molecule has 1 aromatic heterocycles. The van der Waals surface area contributed by atoms with Gasteiger partial charge in [-0.05, 0) is 74.4 Å². The Kier molecular flexibility index (Phi) is 12.0. The molecule has 0 aliphatic rings. The van der Waals surface area contributed by atoms with Crippen LogP contribution in [0.5, 0.6) is 5.75 Å². The highest BCUT2D eigenvalue weighted by molar-refractivity contribution is 5.56. The van der Waals surface area contributed by atoms with E-state index in [1.807, 2.05) is 24.3 Å². The molecule has 0 aliphatic heterocycles. The lowest BCUT2D eigenvalue weighted by Crippen LogP contribution is -2.01. The van der Waals surface area contributed by atoms with E-state index in [0.717, 1.165) is 43.0 Å². The molecule has 0 fully saturated rings. The molecule has 0 saturated carbocycles. The number of methoxy groups -OCH3 is 1. The van der Waals surface area contributed by atoms with Gasteiger partial charge in [0.15, 0.2) is 0 Å². The standard InChI is InChI=1S/C28H41NO2/c1-5-6-7-8-9-10-11-12-15-28-23(2)21-26(29-24(28)3)14-13-20-31-22-25-16-18-27(30-4)19-17-25/h12,15-19,21H,5-11,13-14,20,22H2,1-4H3/b15-12-. The Bertz CT molecular complexity index is 757. The molecule has 31 heavy (non-hydrogen) atoms. The molecule has 0 amide bonds. The summed E-state index contributed by atoms with van der Waals surface area (Å²) in [5.41, 5.74) is 6.07. The second-order valence-electron chi connectivity index (χ2n) is 8.39. The molecule has 0 saturated heterocycles. The van der Waals surface area contributed by atoms with E-state index in [9.17, 15) is 0 Å². The molecule has 2 aromatic rings. The monoisotopic (exact) mass is 423 g/mol. The van der Waals surface area contributed by atoms with Crippen LogP contribution < -0.4 is 4.74 Å². The van der Waals surface area contributed by atoms with E-state index < -0.39 is 0 Å². The highest BCUT2D eigenvalue weighted by Crippen LogP contribution is 2.18. The summed E-state index contributed by atoms with van der Waals surface area (Å²) >= 11 is 0. The summed E-state index contributed by atoms with van der Waals surface area (Å²) in [6.45, 7) is 7.97. The Morgan fingerprint density at radius 2 is 1.68 bits per heavy atom. The number of aryl methyl sites for hydroxylation is 3. The van der Waals surface area contributed by atoms with Gasteiger partial charge in [-0.3, -0.25) is 4.98 Å². The Balaban J connectivity index is 1.69. The average Bonchev–Trinajstić information content (AvgIpc) is 2.77. The molecule has 170 valence electrons. The summed E-state index contributed by atoms with van der Waals surface area (Å²) < 4.78 is 11.0. The summed E-state index contributed by atoms with van der Waals surface area (Å²) in [6.07, 6.45) is 15.8. The van der Waals surface area contributed by atoms with Crippen molar-refractivity contribution in [3.63, 3.8) is 0 Å². The summed E-state index contributed by atoms with van der Waals surface area (Å²) in [4.78, 5) is 4.84. The molecular weight excluding hydrogens is 382 g/mol. The van der Waals surface area contributed by atoms with Crippen molar-refractivity contribution in [2.75, 3.05) is 13.7 Å². The first-order valence-corrected chi connectivity index (χ1v) is 12.0. The fourth-order valence-electron chi connectivity index (χ4n) is 3.81. The van der Waals surface area contributed by atoms with Gasteiger partial charge in [-0.2, -0.15) is 0 Å². The lowest BCUT2D eigenvalue weighted by atomic mass is 10.0. The number of benzene rings is 1. The summed E-state index contributed by atoms with van der Waals surface area (Å²) in [5.74, 6) is 0.876. The molecule has 0 bridgehead atoms. The van der Waals surface area contributed by atoms with Crippen molar-refractivity contribution in [3.05, 3.63) is 64.5 Å². The largest absolute Gasteiger partial charge is 0.497 e. The first-order chi connectivity index (χ1) is 15.1. The van der Waals surface area contributed by atoms with E-state index in [1.165, 1.54) is 55.2 Å². The molecular formula is C28H41NO2. The maximum Gasteiger partial charge on any atom is 0.118 e. The van der Waals surface area contributed by atoms with Crippen molar-refractivity contribution in [1.82, 2.24) is 4.98 Å². The quantitative estimate of drug-likeness (QED) is 0.276. The SMILES string of the molecule is CCCCCCCC/C=C\c1c(C)cc(CCCOCc2ccc(OC)cc2)nc1C. The fraction of sp³-hybridized carbons (Fsp3) is 0.536. The molecule has 3 nitrogen and oxygen atoms in total. The van der Waals surface area contributed by atoms with Crippen molar-refractivity contribution in [2.24, 2.45) is 0 Å². The van der Waals surface area contributed by atoms with Crippen LogP contribution in [0.25, 0.3) is 6.08 Å². The van der Waals surface area contributed by atoms with E-state index in [-0.39, 0.29) is 0 Å². The first-order valence-electron chi connectivity index (χ1n) is 12.0. The summed E-state index contributed by atoms with van der Waals surface area (Å²) in [7, 11) is 1.68. The fourth-order valence-corrected chi connectivity index (χ4v) is 3.81. The van der Waals surface area contributed by atoms with E-state index in [1.54, 1.807) is 7.11 Å². The van der Waals surface area contributed by atoms with Gasteiger partial charge in [0.1, 0.15) is 5.75 Å². The Morgan fingerprint density at radius 1 is 0.935 bits per heavy atom. The zero-order valence-corrected chi connectivity index (χ0v) is 20.1. The van der Waals surface area contributed by atoms with Gasteiger partial charge < -0.3 is 9.47 Å². The minimum atomic E-state index is 0.637. The van der Waals surface area contributed by atoms with E-state index >= 15 is 0 Å². The number of hydrogen-bond acceptors (Lipinski definition) is 3. The van der Waals surface area contributed by atoms with Gasteiger partial charge in [0.25, 0.3) is 0 Å². The number of hydrogen-bond donors (Lipinski definition) is 0. The van der Waals surface area contributed by atoms with Gasteiger partial charge in [0.05, 0.1) is 13.7 Å². The third-order valence-electron chi connectivity index (χ3n) is 5.67. The zero-order valence-electron chi connectivity index (χ0n) is 20.1. The molecule has 0 N–H and O–H groups in total. The van der Waals surface area contributed by atoms with Crippen molar-refractivity contribution < 1.29 is 9.47 Å². The van der Waals surface area contributed by atoms with E-state index in [2.05, 4.69) is 39.0 Å². The number of nitrogens with zero attached hydrogens (tertiary/aromatic N) is 1. The lowest BCUT2D eigenvalue weighted by Gasteiger charge is -2.10. The van der Waals surface area contributed by atoms with Gasteiger partial charge in [-0.1, -0.05) is 63.3 Å². The smallest absolute Gasteiger partial charge is 0.118 e. The van der Waals surface area contributed by atoms with Crippen LogP contribution in [-0.4, -0.2) is 18.7 Å². The third kappa shape index (κ3) is 9.69. The van der Waals surface area contributed by atoms with Crippen LogP contribution in [0.2, 0.25) is 0 Å². The predicted octanol–water partition coefficient (Wildman–Crippen LogP) is 7.62. The van der Waals surface area contributed by atoms with Crippen LogP contribution >= 0.6 is 0 Å². The zero-order chi connectivity index (χ0) is 22.3. The number of rotatable bonds is 15. The number of pyridine rings is 1. The van der Waals surface area contributed by atoms with Gasteiger partial charge in [-0.15, -0.1) is 0 Å². The molecule has 2 rings (SSSR count). The summed E-state index contributed by atoms with van der Waals surface area (Å²) in [6, 6.07) is 10.3. The first kappa shape index (κ1) is 25.1. The highest BCUT2D eigenvalue weighted by Gasteiger charge is 2.05. The number of ether oxygens (including phenoxy) is 2. The van der Waals surface area contributed by atoms with Crippen molar-refractivity contribution in [2.45, 2.75) is 85.2 Å². The minimum absolute atomic E-state index is 0.637. The normalized spacial score (nSPS) is 11.4. The second kappa shape index (κ2) is 14.8. The molecule has 0 radical (unpaired) electrons. The molecule has 0 atom stereocenters. The van der Waals surface area contributed by atoms with Gasteiger partial charge in [0, 0.05) is 18.0 Å². The minimum Gasteiger partial charge on any atom is -0.497 e. The second-order valence-corrected chi connectivity index (χ2v) is 8.39. The van der Waals surface area contributed by atoms with Gasteiger partial charge in [-0.25, -0.2) is 0 Å². The van der Waals surface area contributed by atoms with Crippen molar-refractivity contribution >= 4 is 6.08 Å². The van der Waals surface area contributed by atoms with Gasteiger partial charge in [0.2, 0.25) is 0 Å². The Hall–Kier alpha value is -2.13. The van der Waals surface area contributed by atoms with Crippen LogP contribution in [0.1, 0.15) is 86.4 Å². The van der Waals surface area contributed by atoms with Crippen LogP contribution in [0, 0.1) is 13.8 Å². The molecule has 0 aliphatic carbocycles. The molecule has 3 heteroatoms. The average molecular weight is 424 g/mol.